The first-order valence-corrected chi connectivity index (χ1v) is 5.41. The Morgan fingerprint density at radius 3 is 2.56 bits per heavy atom. The summed E-state index contributed by atoms with van der Waals surface area (Å²) < 4.78 is 5.11. The molecule has 1 aromatic carbocycles. The highest BCUT2D eigenvalue weighted by molar-refractivity contribution is 5.87. The van der Waals surface area contributed by atoms with Crippen LogP contribution in [-0.4, -0.2) is 21.8 Å². The molecule has 96 valence electrons. The maximum absolute atomic E-state index is 11.5. The van der Waals surface area contributed by atoms with Gasteiger partial charge in [0, 0.05) is 6.08 Å². The maximum atomic E-state index is 11.5. The van der Waals surface area contributed by atoms with E-state index in [1.54, 1.807) is 19.9 Å². The number of esters is 1. The molecule has 0 aliphatic heterocycles. The topological polar surface area (TPSA) is 66.8 Å². The van der Waals surface area contributed by atoms with Gasteiger partial charge in [0.25, 0.3) is 0 Å². The van der Waals surface area contributed by atoms with Gasteiger partial charge in [-0.15, -0.1) is 0 Å². The first kappa shape index (κ1) is 13.8. The van der Waals surface area contributed by atoms with Crippen LogP contribution in [0.2, 0.25) is 0 Å². The Morgan fingerprint density at radius 2 is 2.00 bits per heavy atom. The molecule has 0 aliphatic rings. The Kier molecular flexibility index (Phi) is 4.15. The summed E-state index contributed by atoms with van der Waals surface area (Å²) in [5.74, 6) is -0.952. The average Bonchev–Trinajstić information content (AvgIpc) is 2.30. The molecule has 0 amide bonds. The third kappa shape index (κ3) is 3.97. The van der Waals surface area contributed by atoms with Crippen LogP contribution in [0, 0.1) is 0 Å². The zero-order valence-electron chi connectivity index (χ0n) is 10.4. The summed E-state index contributed by atoms with van der Waals surface area (Å²) in [5.41, 5.74) is -0.142. The highest BCUT2D eigenvalue weighted by Gasteiger charge is 2.16. The van der Waals surface area contributed by atoms with E-state index in [0.29, 0.717) is 5.56 Å². The molecule has 0 aliphatic carbocycles. The van der Waals surface area contributed by atoms with Gasteiger partial charge in [0.15, 0.2) is 11.5 Å². The molecule has 4 heteroatoms. The highest BCUT2D eigenvalue weighted by Crippen LogP contribution is 2.25. The molecule has 2 N–H and O–H groups in total. The zero-order valence-corrected chi connectivity index (χ0v) is 10.4. The number of carbonyl (C=O) groups is 1. The molecule has 0 fully saturated rings. The van der Waals surface area contributed by atoms with Crippen molar-refractivity contribution in [2.45, 2.75) is 19.4 Å². The highest BCUT2D eigenvalue weighted by atomic mass is 16.6. The van der Waals surface area contributed by atoms with Crippen LogP contribution in [0.5, 0.6) is 11.5 Å². The van der Waals surface area contributed by atoms with Gasteiger partial charge in [-0.05, 0) is 43.7 Å². The van der Waals surface area contributed by atoms with Gasteiger partial charge in [-0.2, -0.15) is 0 Å². The van der Waals surface area contributed by atoms with Crippen molar-refractivity contribution in [3.63, 3.8) is 0 Å². The Bertz CT molecular complexity index is 487. The van der Waals surface area contributed by atoms with Crippen LogP contribution in [0.25, 0.3) is 6.08 Å². The summed E-state index contributed by atoms with van der Waals surface area (Å²) in [6, 6.07) is 4.25. The summed E-state index contributed by atoms with van der Waals surface area (Å²) in [5, 5.41) is 18.4. The summed E-state index contributed by atoms with van der Waals surface area (Å²) >= 11 is 0. The number of hydrogen-bond donors (Lipinski definition) is 2. The maximum Gasteiger partial charge on any atom is 0.331 e. The Morgan fingerprint density at radius 1 is 1.33 bits per heavy atom. The number of rotatable bonds is 4. The van der Waals surface area contributed by atoms with Crippen LogP contribution in [0.3, 0.4) is 0 Å². The standard InChI is InChI=1S/C14H16O4/c1-4-14(2,3)18-13(17)8-6-10-5-7-11(15)12(16)9-10/h4-9,15-16H,1H2,2-3H3. The average molecular weight is 248 g/mol. The van der Waals surface area contributed by atoms with Gasteiger partial charge < -0.3 is 14.9 Å². The van der Waals surface area contributed by atoms with Crippen molar-refractivity contribution < 1.29 is 19.7 Å². The monoisotopic (exact) mass is 248 g/mol. The van der Waals surface area contributed by atoms with Crippen molar-refractivity contribution in [3.8, 4) is 11.5 Å². The molecule has 0 aromatic heterocycles. The van der Waals surface area contributed by atoms with Crippen LogP contribution in [0.15, 0.2) is 36.9 Å². The number of phenolic OH excluding ortho intramolecular Hbond substituents is 2. The molecule has 0 saturated heterocycles. The molecular formula is C14H16O4. The van der Waals surface area contributed by atoms with Crippen LogP contribution < -0.4 is 0 Å². The summed E-state index contributed by atoms with van der Waals surface area (Å²) in [7, 11) is 0. The summed E-state index contributed by atoms with van der Waals surface area (Å²) in [6.45, 7) is 7.00. The molecule has 4 nitrogen and oxygen atoms in total. The third-order valence-electron chi connectivity index (χ3n) is 2.27. The first-order valence-electron chi connectivity index (χ1n) is 5.41. The van der Waals surface area contributed by atoms with E-state index in [2.05, 4.69) is 6.58 Å². The molecule has 18 heavy (non-hydrogen) atoms. The number of aromatic hydroxyl groups is 2. The van der Waals surface area contributed by atoms with Gasteiger partial charge in [0.1, 0.15) is 5.60 Å². The van der Waals surface area contributed by atoms with E-state index in [1.807, 2.05) is 0 Å². The van der Waals surface area contributed by atoms with Gasteiger partial charge >= 0.3 is 5.97 Å². The van der Waals surface area contributed by atoms with Crippen LogP contribution in [0.1, 0.15) is 19.4 Å². The fourth-order valence-corrected chi connectivity index (χ4v) is 1.14. The van der Waals surface area contributed by atoms with Crippen molar-refractivity contribution in [2.75, 3.05) is 0 Å². The van der Waals surface area contributed by atoms with E-state index in [4.69, 9.17) is 9.84 Å². The molecule has 1 rings (SSSR count). The largest absolute Gasteiger partial charge is 0.504 e. The normalized spacial score (nSPS) is 11.4. The molecule has 0 saturated carbocycles. The van der Waals surface area contributed by atoms with Crippen LogP contribution >= 0.6 is 0 Å². The van der Waals surface area contributed by atoms with E-state index in [1.165, 1.54) is 30.4 Å². The molecular weight excluding hydrogens is 232 g/mol. The van der Waals surface area contributed by atoms with Gasteiger partial charge in [-0.1, -0.05) is 12.6 Å². The quantitative estimate of drug-likeness (QED) is 0.372. The second-order valence-electron chi connectivity index (χ2n) is 4.31. The first-order chi connectivity index (χ1) is 8.34. The second kappa shape index (κ2) is 5.40. The van der Waals surface area contributed by atoms with E-state index >= 15 is 0 Å². The molecule has 0 atom stereocenters. The Hall–Kier alpha value is -2.23. The van der Waals surface area contributed by atoms with Gasteiger partial charge in [0.05, 0.1) is 0 Å². The van der Waals surface area contributed by atoms with Gasteiger partial charge in [-0.25, -0.2) is 4.79 Å². The second-order valence-corrected chi connectivity index (χ2v) is 4.31. The minimum absolute atomic E-state index is 0.206. The smallest absolute Gasteiger partial charge is 0.331 e. The molecule has 0 spiro atoms. The number of phenols is 2. The van der Waals surface area contributed by atoms with E-state index in [-0.39, 0.29) is 11.5 Å². The van der Waals surface area contributed by atoms with Crippen molar-refractivity contribution >= 4 is 12.0 Å². The Balaban J connectivity index is 2.72. The molecule has 1 aromatic rings. The fraction of sp³-hybridized carbons (Fsp3) is 0.214. The molecule has 0 heterocycles. The van der Waals surface area contributed by atoms with E-state index in [0.717, 1.165) is 0 Å². The minimum Gasteiger partial charge on any atom is -0.504 e. The molecule has 0 bridgehead atoms. The third-order valence-corrected chi connectivity index (χ3v) is 2.27. The lowest BCUT2D eigenvalue weighted by Gasteiger charge is -2.19. The zero-order chi connectivity index (χ0) is 13.8. The van der Waals surface area contributed by atoms with E-state index in [9.17, 15) is 9.90 Å². The van der Waals surface area contributed by atoms with Gasteiger partial charge in [0.2, 0.25) is 0 Å². The fourth-order valence-electron chi connectivity index (χ4n) is 1.14. The lowest BCUT2D eigenvalue weighted by molar-refractivity contribution is -0.146. The number of hydrogen-bond acceptors (Lipinski definition) is 4. The van der Waals surface area contributed by atoms with Crippen molar-refractivity contribution in [2.24, 2.45) is 0 Å². The van der Waals surface area contributed by atoms with Crippen molar-refractivity contribution in [3.05, 3.63) is 42.5 Å². The molecule has 0 unspecified atom stereocenters. The van der Waals surface area contributed by atoms with E-state index < -0.39 is 11.6 Å². The number of ether oxygens (including phenoxy) is 1. The predicted octanol–water partition coefficient (Wildman–Crippen LogP) is 2.62. The lowest BCUT2D eigenvalue weighted by atomic mass is 10.1. The van der Waals surface area contributed by atoms with Crippen LogP contribution in [0.4, 0.5) is 0 Å². The Labute approximate surface area is 106 Å². The van der Waals surface area contributed by atoms with Crippen LogP contribution in [-0.2, 0) is 9.53 Å². The number of carbonyl (C=O) groups excluding carboxylic acids is 1. The predicted molar refractivity (Wildman–Crippen MR) is 69.2 cm³/mol. The van der Waals surface area contributed by atoms with Gasteiger partial charge in [-0.3, -0.25) is 0 Å². The summed E-state index contributed by atoms with van der Waals surface area (Å²) in [4.78, 5) is 11.5. The summed E-state index contributed by atoms with van der Waals surface area (Å²) in [6.07, 6.45) is 4.27. The minimum atomic E-state index is -0.724. The molecule has 0 radical (unpaired) electrons. The van der Waals surface area contributed by atoms with Crippen molar-refractivity contribution in [1.82, 2.24) is 0 Å². The SMILES string of the molecule is C=CC(C)(C)OC(=O)C=Cc1ccc(O)c(O)c1. The van der Waals surface area contributed by atoms with Crippen molar-refractivity contribution in [1.29, 1.82) is 0 Å². The number of benzene rings is 1. The lowest BCUT2D eigenvalue weighted by Crippen LogP contribution is -2.23.